The Kier molecular flexibility index (Phi) is 5.54. The van der Waals surface area contributed by atoms with Gasteiger partial charge in [-0.3, -0.25) is 4.79 Å². The van der Waals surface area contributed by atoms with Crippen molar-refractivity contribution in [2.45, 2.75) is 26.8 Å². The van der Waals surface area contributed by atoms with E-state index in [1.54, 1.807) is 17.0 Å². The van der Waals surface area contributed by atoms with Gasteiger partial charge in [-0.05, 0) is 43.4 Å². The van der Waals surface area contributed by atoms with Gasteiger partial charge in [-0.15, -0.1) is 0 Å². The fourth-order valence-corrected chi connectivity index (χ4v) is 2.41. The Morgan fingerprint density at radius 2 is 2.17 bits per heavy atom. The lowest BCUT2D eigenvalue weighted by atomic mass is 10.1. The predicted molar refractivity (Wildman–Crippen MR) is 80.1 cm³/mol. The van der Waals surface area contributed by atoms with Crippen LogP contribution in [0.25, 0.3) is 0 Å². The molecule has 4 heteroatoms. The van der Waals surface area contributed by atoms with Gasteiger partial charge < -0.3 is 10.6 Å². The molecular formula is C14H22N2OS. The van der Waals surface area contributed by atoms with E-state index in [9.17, 15) is 4.79 Å². The average molecular weight is 266 g/mol. The number of aryl methyl sites for hydroxylation is 1. The number of benzene rings is 1. The second kappa shape index (κ2) is 6.69. The number of carbonyl (C=O) groups is 1. The lowest BCUT2D eigenvalue weighted by molar-refractivity contribution is 0.0757. The molecule has 0 bridgehead atoms. The van der Waals surface area contributed by atoms with Gasteiger partial charge >= 0.3 is 0 Å². The zero-order chi connectivity index (χ0) is 13.7. The van der Waals surface area contributed by atoms with Crippen molar-refractivity contribution in [1.29, 1.82) is 0 Å². The fraction of sp³-hybridized carbons (Fsp3) is 0.500. The highest BCUT2D eigenvalue weighted by Gasteiger charge is 2.17. The van der Waals surface area contributed by atoms with Crippen LogP contribution in [-0.4, -0.2) is 35.4 Å². The Hall–Kier alpha value is -1.16. The molecule has 0 saturated carbocycles. The maximum absolute atomic E-state index is 12.3. The quantitative estimate of drug-likeness (QED) is 0.834. The predicted octanol–water partition coefficient (Wildman–Crippen LogP) is 2.79. The monoisotopic (exact) mass is 266 g/mol. The third-order valence-corrected chi connectivity index (χ3v) is 4.19. The molecule has 0 aromatic heterocycles. The van der Waals surface area contributed by atoms with Gasteiger partial charge in [0.25, 0.3) is 5.91 Å². The summed E-state index contributed by atoms with van der Waals surface area (Å²) in [5.74, 6) is 2.10. The molecule has 0 aliphatic heterocycles. The maximum atomic E-state index is 12.3. The molecule has 0 radical (unpaired) electrons. The van der Waals surface area contributed by atoms with Crippen molar-refractivity contribution in [3.05, 3.63) is 29.3 Å². The number of carbonyl (C=O) groups excluding carboxylic acids is 1. The highest BCUT2D eigenvalue weighted by atomic mass is 32.2. The number of nitrogen functional groups attached to an aromatic ring is 1. The minimum atomic E-state index is 0.0577. The van der Waals surface area contributed by atoms with Crippen LogP contribution in [0, 0.1) is 6.92 Å². The van der Waals surface area contributed by atoms with Crippen molar-refractivity contribution >= 4 is 23.4 Å². The van der Waals surface area contributed by atoms with Gasteiger partial charge in [0.05, 0.1) is 0 Å². The number of hydrogen-bond acceptors (Lipinski definition) is 3. The third-order valence-electron chi connectivity index (χ3n) is 3.06. The number of hydrogen-bond donors (Lipinski definition) is 1. The van der Waals surface area contributed by atoms with Crippen LogP contribution in [0.1, 0.15) is 29.8 Å². The Morgan fingerprint density at radius 1 is 1.50 bits per heavy atom. The highest BCUT2D eigenvalue weighted by Crippen LogP contribution is 2.16. The summed E-state index contributed by atoms with van der Waals surface area (Å²) in [5.41, 5.74) is 8.14. The van der Waals surface area contributed by atoms with Gasteiger partial charge in [-0.2, -0.15) is 11.8 Å². The molecule has 1 atom stereocenters. The summed E-state index contributed by atoms with van der Waals surface area (Å²) in [5, 5.41) is 0. The fourth-order valence-electron chi connectivity index (χ4n) is 1.61. The van der Waals surface area contributed by atoms with Crippen LogP contribution < -0.4 is 5.73 Å². The van der Waals surface area contributed by atoms with E-state index >= 15 is 0 Å². The van der Waals surface area contributed by atoms with E-state index in [0.29, 0.717) is 5.56 Å². The molecule has 0 aliphatic rings. The summed E-state index contributed by atoms with van der Waals surface area (Å²) in [4.78, 5) is 14.1. The minimum Gasteiger partial charge on any atom is -0.399 e. The van der Waals surface area contributed by atoms with Gasteiger partial charge in [0.15, 0.2) is 0 Å². The Morgan fingerprint density at radius 3 is 2.72 bits per heavy atom. The lowest BCUT2D eigenvalue weighted by Crippen LogP contribution is -2.36. The molecule has 1 rings (SSSR count). The van der Waals surface area contributed by atoms with Crippen molar-refractivity contribution in [2.75, 3.05) is 24.3 Å². The number of amides is 1. The van der Waals surface area contributed by atoms with Crippen LogP contribution in [0.2, 0.25) is 0 Å². The Labute approximate surface area is 114 Å². The first-order valence-electron chi connectivity index (χ1n) is 6.18. The first kappa shape index (κ1) is 14.9. The summed E-state index contributed by atoms with van der Waals surface area (Å²) in [6.07, 6.45) is 0. The normalized spacial score (nSPS) is 12.2. The molecule has 100 valence electrons. The van der Waals surface area contributed by atoms with Crippen LogP contribution in [0.15, 0.2) is 18.2 Å². The van der Waals surface area contributed by atoms with Crippen LogP contribution in [0.3, 0.4) is 0 Å². The molecule has 0 heterocycles. The van der Waals surface area contributed by atoms with Gasteiger partial charge in [0.1, 0.15) is 0 Å². The van der Waals surface area contributed by atoms with Crippen LogP contribution >= 0.6 is 11.8 Å². The molecule has 0 fully saturated rings. The molecule has 0 saturated heterocycles. The summed E-state index contributed by atoms with van der Waals surface area (Å²) in [7, 11) is 1.86. The number of nitrogens with zero attached hydrogens (tertiary/aromatic N) is 1. The second-order valence-corrected chi connectivity index (χ2v) is 5.81. The van der Waals surface area contributed by atoms with Crippen LogP contribution in [0.4, 0.5) is 5.69 Å². The molecule has 0 unspecified atom stereocenters. The molecule has 2 N–H and O–H groups in total. The topological polar surface area (TPSA) is 46.3 Å². The van der Waals surface area contributed by atoms with Gasteiger partial charge in [0, 0.05) is 30.1 Å². The van der Waals surface area contributed by atoms with E-state index in [0.717, 1.165) is 22.8 Å². The standard InChI is InChI=1S/C14H22N2OS/c1-5-18-9-11(3)16(4)14(17)12-6-7-13(15)10(2)8-12/h6-8,11H,5,9,15H2,1-4H3/t11-/m0/s1. The van der Waals surface area contributed by atoms with E-state index < -0.39 is 0 Å². The van der Waals surface area contributed by atoms with Gasteiger partial charge in [-0.1, -0.05) is 6.92 Å². The highest BCUT2D eigenvalue weighted by molar-refractivity contribution is 7.99. The first-order chi connectivity index (χ1) is 8.47. The number of nitrogens with two attached hydrogens (primary N) is 1. The number of rotatable bonds is 5. The Bertz CT molecular complexity index is 420. The van der Waals surface area contributed by atoms with Crippen LogP contribution in [0.5, 0.6) is 0 Å². The van der Waals surface area contributed by atoms with E-state index in [2.05, 4.69) is 13.8 Å². The van der Waals surface area contributed by atoms with Crippen molar-refractivity contribution in [1.82, 2.24) is 4.90 Å². The summed E-state index contributed by atoms with van der Waals surface area (Å²) in [6, 6.07) is 5.68. The van der Waals surface area contributed by atoms with Crippen molar-refractivity contribution in [3.63, 3.8) is 0 Å². The molecule has 3 nitrogen and oxygen atoms in total. The molecule has 0 spiro atoms. The molecule has 1 amide bonds. The second-order valence-electron chi connectivity index (χ2n) is 4.50. The average Bonchev–Trinajstić information content (AvgIpc) is 2.37. The van der Waals surface area contributed by atoms with E-state index in [1.807, 2.05) is 31.8 Å². The SMILES string of the molecule is CCSC[C@H](C)N(C)C(=O)c1ccc(N)c(C)c1. The molecule has 1 aromatic carbocycles. The smallest absolute Gasteiger partial charge is 0.253 e. The summed E-state index contributed by atoms with van der Waals surface area (Å²) >= 11 is 1.85. The molecule has 18 heavy (non-hydrogen) atoms. The zero-order valence-corrected chi connectivity index (χ0v) is 12.4. The molecule has 1 aromatic rings. The number of anilines is 1. The van der Waals surface area contributed by atoms with Gasteiger partial charge in [0.2, 0.25) is 0 Å². The molecular weight excluding hydrogens is 244 g/mol. The Balaban J connectivity index is 2.76. The maximum Gasteiger partial charge on any atom is 0.253 e. The van der Waals surface area contributed by atoms with E-state index in [-0.39, 0.29) is 11.9 Å². The van der Waals surface area contributed by atoms with Crippen molar-refractivity contribution in [2.24, 2.45) is 0 Å². The minimum absolute atomic E-state index is 0.0577. The van der Waals surface area contributed by atoms with Crippen molar-refractivity contribution in [3.8, 4) is 0 Å². The summed E-state index contributed by atoms with van der Waals surface area (Å²) in [6.45, 7) is 6.12. The van der Waals surface area contributed by atoms with E-state index in [1.165, 1.54) is 0 Å². The van der Waals surface area contributed by atoms with Crippen LogP contribution in [-0.2, 0) is 0 Å². The van der Waals surface area contributed by atoms with E-state index in [4.69, 9.17) is 5.73 Å². The zero-order valence-electron chi connectivity index (χ0n) is 11.6. The summed E-state index contributed by atoms with van der Waals surface area (Å²) < 4.78 is 0. The van der Waals surface area contributed by atoms with Gasteiger partial charge in [-0.25, -0.2) is 0 Å². The largest absolute Gasteiger partial charge is 0.399 e. The number of thioether (sulfide) groups is 1. The molecule has 0 aliphatic carbocycles. The third kappa shape index (κ3) is 3.67. The lowest BCUT2D eigenvalue weighted by Gasteiger charge is -2.25. The van der Waals surface area contributed by atoms with Crippen molar-refractivity contribution < 1.29 is 4.79 Å². The first-order valence-corrected chi connectivity index (χ1v) is 7.33.